The van der Waals surface area contributed by atoms with Crippen molar-refractivity contribution in [2.24, 2.45) is 5.41 Å². The van der Waals surface area contributed by atoms with Crippen LogP contribution in [0.1, 0.15) is 33.1 Å². The number of thiocarbonyl (C=S) groups is 1. The summed E-state index contributed by atoms with van der Waals surface area (Å²) in [4.78, 5) is 0. The zero-order valence-electron chi connectivity index (χ0n) is 10.8. The molecule has 0 spiro atoms. The Morgan fingerprint density at radius 1 is 1.39 bits per heavy atom. The lowest BCUT2D eigenvalue weighted by Crippen LogP contribution is -2.36. The highest BCUT2D eigenvalue weighted by Crippen LogP contribution is 2.36. The van der Waals surface area contributed by atoms with E-state index in [1.54, 1.807) is 18.2 Å². The summed E-state index contributed by atoms with van der Waals surface area (Å²) in [5.74, 6) is -0.284. The van der Waals surface area contributed by atoms with E-state index in [0.717, 1.165) is 12.8 Å². The maximum atomic E-state index is 13.4. The number of benzene rings is 1. The molecule has 0 aliphatic heterocycles. The van der Waals surface area contributed by atoms with Gasteiger partial charge in [0, 0.05) is 6.04 Å². The second-order valence-electron chi connectivity index (χ2n) is 5.68. The van der Waals surface area contributed by atoms with Crippen LogP contribution >= 0.6 is 12.2 Å². The second-order valence-corrected chi connectivity index (χ2v) is 6.09. The van der Waals surface area contributed by atoms with Crippen molar-refractivity contribution in [3.8, 4) is 0 Å². The zero-order chi connectivity index (χ0) is 13.2. The lowest BCUT2D eigenvalue weighted by molar-refractivity contribution is 0.372. The van der Waals surface area contributed by atoms with Crippen molar-refractivity contribution in [3.05, 3.63) is 30.1 Å². The molecule has 0 heterocycles. The van der Waals surface area contributed by atoms with Crippen molar-refractivity contribution < 1.29 is 4.39 Å². The molecule has 1 aromatic carbocycles. The topological polar surface area (TPSA) is 24.1 Å². The minimum atomic E-state index is -0.284. The molecule has 1 unspecified atom stereocenters. The molecule has 1 aliphatic rings. The Labute approximate surface area is 113 Å². The molecule has 0 radical (unpaired) electrons. The van der Waals surface area contributed by atoms with E-state index in [-0.39, 0.29) is 5.82 Å². The number of nitrogens with one attached hydrogen (secondary N) is 2. The van der Waals surface area contributed by atoms with Crippen LogP contribution in [0.25, 0.3) is 0 Å². The van der Waals surface area contributed by atoms with Crippen LogP contribution in [0, 0.1) is 11.2 Å². The first-order valence-corrected chi connectivity index (χ1v) is 6.69. The van der Waals surface area contributed by atoms with Crippen molar-refractivity contribution in [2.45, 2.75) is 39.2 Å². The smallest absolute Gasteiger partial charge is 0.171 e. The normalized spacial score (nSPS) is 21.6. The lowest BCUT2D eigenvalue weighted by Gasteiger charge is -2.19. The first-order chi connectivity index (χ1) is 8.46. The fourth-order valence-electron chi connectivity index (χ4n) is 2.47. The van der Waals surface area contributed by atoms with Gasteiger partial charge in [0.2, 0.25) is 0 Å². The van der Waals surface area contributed by atoms with Crippen LogP contribution < -0.4 is 10.6 Å². The number of para-hydroxylation sites is 1. The van der Waals surface area contributed by atoms with E-state index in [1.807, 2.05) is 0 Å². The van der Waals surface area contributed by atoms with Gasteiger partial charge >= 0.3 is 0 Å². The molecule has 1 aromatic rings. The van der Waals surface area contributed by atoms with Crippen LogP contribution in [0.2, 0.25) is 0 Å². The summed E-state index contributed by atoms with van der Waals surface area (Å²) in [5.41, 5.74) is 0.804. The van der Waals surface area contributed by atoms with Gasteiger partial charge in [0.25, 0.3) is 0 Å². The van der Waals surface area contributed by atoms with Crippen LogP contribution in [-0.4, -0.2) is 11.2 Å². The van der Waals surface area contributed by atoms with E-state index < -0.39 is 0 Å². The second kappa shape index (κ2) is 5.22. The molecule has 4 heteroatoms. The molecule has 0 amide bonds. The Morgan fingerprint density at radius 3 is 2.72 bits per heavy atom. The summed E-state index contributed by atoms with van der Waals surface area (Å²) in [6, 6.07) is 6.95. The van der Waals surface area contributed by atoms with Crippen molar-refractivity contribution in [3.63, 3.8) is 0 Å². The minimum Gasteiger partial charge on any atom is -0.360 e. The summed E-state index contributed by atoms with van der Waals surface area (Å²) >= 11 is 5.22. The molecule has 0 bridgehead atoms. The van der Waals surface area contributed by atoms with E-state index in [2.05, 4.69) is 24.5 Å². The summed E-state index contributed by atoms with van der Waals surface area (Å²) in [6.07, 6.45) is 3.42. The van der Waals surface area contributed by atoms with Gasteiger partial charge < -0.3 is 10.6 Å². The van der Waals surface area contributed by atoms with Gasteiger partial charge in [0.1, 0.15) is 5.82 Å². The SMILES string of the molecule is CC1(C)CCC(NC(=S)Nc2ccccc2F)C1. The lowest BCUT2D eigenvalue weighted by atomic mass is 9.92. The zero-order valence-corrected chi connectivity index (χ0v) is 11.6. The summed E-state index contributed by atoms with van der Waals surface area (Å²) < 4.78 is 13.4. The molecule has 1 aliphatic carbocycles. The Kier molecular flexibility index (Phi) is 3.85. The van der Waals surface area contributed by atoms with Gasteiger partial charge in [-0.15, -0.1) is 0 Å². The molecule has 98 valence electrons. The quantitative estimate of drug-likeness (QED) is 0.798. The highest BCUT2D eigenvalue weighted by atomic mass is 32.1. The van der Waals surface area contributed by atoms with Crippen molar-refractivity contribution in [2.75, 3.05) is 5.32 Å². The molecule has 1 saturated carbocycles. The van der Waals surface area contributed by atoms with E-state index in [0.29, 0.717) is 22.3 Å². The van der Waals surface area contributed by atoms with Gasteiger partial charge in [-0.1, -0.05) is 26.0 Å². The molecular weight excluding hydrogens is 247 g/mol. The fourth-order valence-corrected chi connectivity index (χ4v) is 2.74. The fraction of sp³-hybridized carbons (Fsp3) is 0.500. The van der Waals surface area contributed by atoms with Crippen molar-refractivity contribution >= 4 is 23.0 Å². The third-order valence-electron chi connectivity index (χ3n) is 3.43. The summed E-state index contributed by atoms with van der Waals surface area (Å²) in [5, 5.41) is 6.68. The minimum absolute atomic E-state index is 0.284. The van der Waals surface area contributed by atoms with E-state index in [4.69, 9.17) is 12.2 Å². The molecular formula is C14H19FN2S. The number of halogens is 1. The monoisotopic (exact) mass is 266 g/mol. The van der Waals surface area contributed by atoms with Crippen LogP contribution in [0.3, 0.4) is 0 Å². The summed E-state index contributed by atoms with van der Waals surface area (Å²) in [7, 11) is 0. The molecule has 2 rings (SSSR count). The van der Waals surface area contributed by atoms with Crippen LogP contribution in [0.15, 0.2) is 24.3 Å². The van der Waals surface area contributed by atoms with Gasteiger partial charge in [0.05, 0.1) is 5.69 Å². The van der Waals surface area contributed by atoms with Crippen LogP contribution in [0.5, 0.6) is 0 Å². The average molecular weight is 266 g/mol. The van der Waals surface area contributed by atoms with Crippen LogP contribution in [0.4, 0.5) is 10.1 Å². The molecule has 18 heavy (non-hydrogen) atoms. The largest absolute Gasteiger partial charge is 0.360 e. The number of anilines is 1. The molecule has 0 aromatic heterocycles. The number of hydrogen-bond donors (Lipinski definition) is 2. The average Bonchev–Trinajstić information content (AvgIpc) is 2.61. The predicted molar refractivity (Wildman–Crippen MR) is 77.2 cm³/mol. The van der Waals surface area contributed by atoms with Gasteiger partial charge in [-0.25, -0.2) is 4.39 Å². The number of rotatable bonds is 2. The van der Waals surface area contributed by atoms with Gasteiger partial charge in [-0.2, -0.15) is 0 Å². The highest BCUT2D eigenvalue weighted by molar-refractivity contribution is 7.80. The maximum absolute atomic E-state index is 13.4. The van der Waals surface area contributed by atoms with Crippen molar-refractivity contribution in [1.82, 2.24) is 5.32 Å². The van der Waals surface area contributed by atoms with E-state index in [1.165, 1.54) is 12.5 Å². The summed E-state index contributed by atoms with van der Waals surface area (Å²) in [6.45, 7) is 4.53. The Hall–Kier alpha value is -1.16. The number of hydrogen-bond acceptors (Lipinski definition) is 1. The first kappa shape index (κ1) is 13.3. The van der Waals surface area contributed by atoms with E-state index >= 15 is 0 Å². The Morgan fingerprint density at radius 2 is 2.11 bits per heavy atom. The molecule has 1 atom stereocenters. The molecule has 1 fully saturated rings. The standard InChI is InChI=1S/C14H19FN2S/c1-14(2)8-7-10(9-14)16-13(18)17-12-6-4-3-5-11(12)15/h3-6,10H,7-9H2,1-2H3,(H2,16,17,18). The predicted octanol–water partition coefficient (Wildman–Crippen LogP) is 3.69. The van der Waals surface area contributed by atoms with Gasteiger partial charge in [0.15, 0.2) is 5.11 Å². The third-order valence-corrected chi connectivity index (χ3v) is 3.65. The molecule has 0 saturated heterocycles. The van der Waals surface area contributed by atoms with Gasteiger partial charge in [-0.05, 0) is 49.0 Å². The van der Waals surface area contributed by atoms with Crippen LogP contribution in [-0.2, 0) is 0 Å². The highest BCUT2D eigenvalue weighted by Gasteiger charge is 2.31. The van der Waals surface area contributed by atoms with Gasteiger partial charge in [-0.3, -0.25) is 0 Å². The third kappa shape index (κ3) is 3.42. The maximum Gasteiger partial charge on any atom is 0.171 e. The van der Waals surface area contributed by atoms with E-state index in [9.17, 15) is 4.39 Å². The Bertz CT molecular complexity index is 445. The van der Waals surface area contributed by atoms with Crippen molar-refractivity contribution in [1.29, 1.82) is 0 Å². The first-order valence-electron chi connectivity index (χ1n) is 6.28. The Balaban J connectivity index is 1.88. The molecule has 2 nitrogen and oxygen atoms in total. The molecule has 2 N–H and O–H groups in total.